The van der Waals surface area contributed by atoms with E-state index in [2.05, 4.69) is 36.4 Å². The first-order valence-corrected chi connectivity index (χ1v) is 3.51. The van der Waals surface area contributed by atoms with E-state index >= 15 is 0 Å². The SMILES string of the molecule is C1=Cc2ccccc21.OB(O)O. The van der Waals surface area contributed by atoms with Gasteiger partial charge in [-0.1, -0.05) is 36.4 Å². The zero-order valence-electron chi connectivity index (χ0n) is 6.38. The summed E-state index contributed by atoms with van der Waals surface area (Å²) in [5, 5.41) is 21.5. The predicted molar refractivity (Wildman–Crippen MR) is 47.8 cm³/mol. The van der Waals surface area contributed by atoms with Crippen LogP contribution in [0.4, 0.5) is 0 Å². The highest BCUT2D eigenvalue weighted by Gasteiger charge is 1.99. The van der Waals surface area contributed by atoms with Crippen molar-refractivity contribution < 1.29 is 15.1 Å². The first-order chi connectivity index (χ1) is 5.70. The van der Waals surface area contributed by atoms with Crippen molar-refractivity contribution in [1.82, 2.24) is 0 Å². The molecule has 0 amide bonds. The van der Waals surface area contributed by atoms with Crippen LogP contribution in [0.5, 0.6) is 0 Å². The molecule has 1 aliphatic rings. The molecule has 0 saturated carbocycles. The molecule has 3 N–H and O–H groups in total. The third-order valence-corrected chi connectivity index (χ3v) is 1.44. The van der Waals surface area contributed by atoms with Crippen LogP contribution in [0, 0.1) is 0 Å². The van der Waals surface area contributed by atoms with Gasteiger partial charge in [-0.05, 0) is 11.1 Å². The summed E-state index contributed by atoms with van der Waals surface area (Å²) in [6.07, 6.45) is 4.24. The van der Waals surface area contributed by atoms with E-state index in [1.54, 1.807) is 0 Å². The molecule has 0 aromatic heterocycles. The van der Waals surface area contributed by atoms with Crippen LogP contribution in [0.3, 0.4) is 0 Å². The summed E-state index contributed by atoms with van der Waals surface area (Å²) < 4.78 is 0. The highest BCUT2D eigenvalue weighted by atomic mass is 16.5. The lowest BCUT2D eigenvalue weighted by Gasteiger charge is -2.06. The average Bonchev–Trinajstić information content (AvgIpc) is 1.90. The van der Waals surface area contributed by atoms with Crippen molar-refractivity contribution in [2.75, 3.05) is 0 Å². The quantitative estimate of drug-likeness (QED) is 0.484. The van der Waals surface area contributed by atoms with Crippen molar-refractivity contribution in [3.63, 3.8) is 0 Å². The second-order valence-electron chi connectivity index (χ2n) is 2.31. The number of hydrogen-bond acceptors (Lipinski definition) is 3. The standard InChI is InChI=1S/C8H6.BH3O3/c1-2-4-8-6-5-7(8)3-1;2-1(3)4/h1-6H;2-4H. The third kappa shape index (κ3) is 2.50. The Morgan fingerprint density at radius 2 is 1.17 bits per heavy atom. The molecule has 0 unspecified atom stereocenters. The molecule has 0 radical (unpaired) electrons. The summed E-state index contributed by atoms with van der Waals surface area (Å²) in [6, 6.07) is 8.36. The first kappa shape index (κ1) is 9.00. The fourth-order valence-corrected chi connectivity index (χ4v) is 0.898. The minimum absolute atomic E-state index is 1.37. The molecule has 0 bridgehead atoms. The van der Waals surface area contributed by atoms with Crippen molar-refractivity contribution in [3.8, 4) is 0 Å². The lowest BCUT2D eigenvalue weighted by Crippen LogP contribution is -2.07. The second kappa shape index (κ2) is 4.06. The van der Waals surface area contributed by atoms with Crippen LogP contribution in [-0.2, 0) is 0 Å². The van der Waals surface area contributed by atoms with Crippen molar-refractivity contribution in [2.45, 2.75) is 0 Å². The highest BCUT2D eigenvalue weighted by molar-refractivity contribution is 6.30. The van der Waals surface area contributed by atoms with Crippen LogP contribution in [0.2, 0.25) is 0 Å². The molecular formula is C8H9BO3. The minimum Gasteiger partial charge on any atom is -0.402 e. The fourth-order valence-electron chi connectivity index (χ4n) is 0.898. The summed E-state index contributed by atoms with van der Waals surface area (Å²) in [5.74, 6) is 0. The van der Waals surface area contributed by atoms with Crippen molar-refractivity contribution in [2.24, 2.45) is 0 Å². The number of rotatable bonds is 0. The lowest BCUT2D eigenvalue weighted by molar-refractivity contribution is 0.278. The first-order valence-electron chi connectivity index (χ1n) is 3.51. The monoisotopic (exact) mass is 164 g/mol. The van der Waals surface area contributed by atoms with E-state index < -0.39 is 7.32 Å². The molecule has 1 aromatic rings. The molecule has 0 saturated heterocycles. The van der Waals surface area contributed by atoms with Gasteiger partial charge >= 0.3 is 7.32 Å². The van der Waals surface area contributed by atoms with Gasteiger partial charge in [0.05, 0.1) is 0 Å². The van der Waals surface area contributed by atoms with Gasteiger partial charge in [0.15, 0.2) is 0 Å². The van der Waals surface area contributed by atoms with Gasteiger partial charge in [-0.15, -0.1) is 0 Å². The van der Waals surface area contributed by atoms with Gasteiger partial charge in [0.2, 0.25) is 0 Å². The maximum atomic E-state index is 7.17. The van der Waals surface area contributed by atoms with Crippen molar-refractivity contribution in [1.29, 1.82) is 0 Å². The van der Waals surface area contributed by atoms with Gasteiger partial charge in [0.1, 0.15) is 0 Å². The number of benzene rings is 1. The van der Waals surface area contributed by atoms with Gasteiger partial charge in [-0.3, -0.25) is 0 Å². The molecule has 0 spiro atoms. The van der Waals surface area contributed by atoms with Gasteiger partial charge < -0.3 is 15.1 Å². The van der Waals surface area contributed by atoms with Gasteiger partial charge in [-0.25, -0.2) is 0 Å². The molecule has 2 rings (SSSR count). The Labute approximate surface area is 70.8 Å². The summed E-state index contributed by atoms with van der Waals surface area (Å²) >= 11 is 0. The van der Waals surface area contributed by atoms with Crippen LogP contribution < -0.4 is 0 Å². The topological polar surface area (TPSA) is 60.7 Å². The molecule has 3 nitrogen and oxygen atoms in total. The molecule has 0 heterocycles. The van der Waals surface area contributed by atoms with E-state index in [0.717, 1.165) is 0 Å². The summed E-state index contributed by atoms with van der Waals surface area (Å²) in [6.45, 7) is 0. The van der Waals surface area contributed by atoms with Gasteiger partial charge in [0.25, 0.3) is 0 Å². The van der Waals surface area contributed by atoms with Crippen LogP contribution in [0.15, 0.2) is 24.3 Å². The minimum atomic E-state index is -2.17. The normalized spacial score (nSPS) is 10.6. The van der Waals surface area contributed by atoms with Crippen LogP contribution in [0.25, 0.3) is 12.2 Å². The van der Waals surface area contributed by atoms with E-state index in [-0.39, 0.29) is 0 Å². The predicted octanol–water partition coefficient (Wildman–Crippen LogP) is 0.119. The highest BCUT2D eigenvalue weighted by Crippen LogP contribution is 2.21. The summed E-state index contributed by atoms with van der Waals surface area (Å²) in [5.41, 5.74) is 2.74. The van der Waals surface area contributed by atoms with E-state index in [1.165, 1.54) is 11.1 Å². The molecule has 0 aliphatic heterocycles. The smallest absolute Gasteiger partial charge is 0.402 e. The van der Waals surface area contributed by atoms with E-state index in [1.807, 2.05) is 0 Å². The maximum Gasteiger partial charge on any atom is 0.631 e. The van der Waals surface area contributed by atoms with E-state index in [0.29, 0.717) is 0 Å². The molecule has 1 aromatic carbocycles. The Bertz CT molecular complexity index is 256. The zero-order valence-corrected chi connectivity index (χ0v) is 6.38. The Morgan fingerprint density at radius 1 is 0.833 bits per heavy atom. The molecule has 1 aliphatic carbocycles. The maximum absolute atomic E-state index is 7.17. The molecular weight excluding hydrogens is 155 g/mol. The molecule has 62 valence electrons. The molecule has 4 heteroatoms. The Hall–Kier alpha value is -1.10. The van der Waals surface area contributed by atoms with Crippen LogP contribution in [0.1, 0.15) is 11.1 Å². The summed E-state index contributed by atoms with van der Waals surface area (Å²) in [7, 11) is -2.17. The Kier molecular flexibility index (Phi) is 3.05. The Morgan fingerprint density at radius 3 is 1.33 bits per heavy atom. The largest absolute Gasteiger partial charge is 0.631 e. The van der Waals surface area contributed by atoms with E-state index in [4.69, 9.17) is 15.1 Å². The number of hydrogen-bond donors (Lipinski definition) is 3. The lowest BCUT2D eigenvalue weighted by atomic mass is 9.99. The fraction of sp³-hybridized carbons (Fsp3) is 0. The third-order valence-electron chi connectivity index (χ3n) is 1.44. The average molecular weight is 164 g/mol. The van der Waals surface area contributed by atoms with Crippen LogP contribution >= 0.6 is 0 Å². The molecule has 12 heavy (non-hydrogen) atoms. The number of fused-ring (bicyclic) bond motifs is 1. The van der Waals surface area contributed by atoms with Crippen LogP contribution in [-0.4, -0.2) is 22.4 Å². The Balaban J connectivity index is 0.000000157. The molecule has 0 fully saturated rings. The second-order valence-corrected chi connectivity index (χ2v) is 2.31. The zero-order chi connectivity index (χ0) is 8.97. The molecule has 0 atom stereocenters. The van der Waals surface area contributed by atoms with E-state index in [9.17, 15) is 0 Å². The van der Waals surface area contributed by atoms with Gasteiger partial charge in [0, 0.05) is 0 Å². The van der Waals surface area contributed by atoms with Gasteiger partial charge in [-0.2, -0.15) is 0 Å². The van der Waals surface area contributed by atoms with Crippen molar-refractivity contribution >= 4 is 19.5 Å². The van der Waals surface area contributed by atoms with Crippen molar-refractivity contribution in [3.05, 3.63) is 35.4 Å². The summed E-state index contributed by atoms with van der Waals surface area (Å²) in [4.78, 5) is 0.